The number of benzene rings is 2. The van der Waals surface area contributed by atoms with Gasteiger partial charge in [0.15, 0.2) is 0 Å². The second-order valence-electron chi connectivity index (χ2n) is 5.04. The lowest BCUT2D eigenvalue weighted by Crippen LogP contribution is -2.29. The molecule has 3 rings (SSSR count). The number of rotatable bonds is 4. The summed E-state index contributed by atoms with van der Waals surface area (Å²) in [5.74, 6) is -0.891. The van der Waals surface area contributed by atoms with E-state index in [9.17, 15) is 9.18 Å². The fourth-order valence-electron chi connectivity index (χ4n) is 2.13. The lowest BCUT2D eigenvalue weighted by Gasteiger charge is -2.09. The second kappa shape index (κ2) is 7.10. The molecule has 4 nitrogen and oxygen atoms in total. The highest BCUT2D eigenvalue weighted by Crippen LogP contribution is 2.22. The van der Waals surface area contributed by atoms with Crippen LogP contribution in [0.1, 0.15) is 10.4 Å². The number of aromatic nitrogens is 1. The quantitative estimate of drug-likeness (QED) is 0.549. The van der Waals surface area contributed by atoms with E-state index in [1.165, 1.54) is 18.3 Å². The zero-order valence-electron chi connectivity index (χ0n) is 12.5. The van der Waals surface area contributed by atoms with Gasteiger partial charge in [-0.3, -0.25) is 15.6 Å². The maximum Gasteiger partial charge on any atom is 0.269 e. The third kappa shape index (κ3) is 3.88. The van der Waals surface area contributed by atoms with Crippen molar-refractivity contribution >= 4 is 23.2 Å². The maximum absolute atomic E-state index is 12.7. The number of hydrazine groups is 1. The summed E-state index contributed by atoms with van der Waals surface area (Å²) in [6.07, 6.45) is 1.29. The molecule has 1 amide bonds. The summed E-state index contributed by atoms with van der Waals surface area (Å²) >= 11 is 5.89. The summed E-state index contributed by atoms with van der Waals surface area (Å²) in [5, 5.41) is 0.657. The summed E-state index contributed by atoms with van der Waals surface area (Å²) in [6, 6.07) is 17.3. The Labute approximate surface area is 143 Å². The van der Waals surface area contributed by atoms with E-state index in [2.05, 4.69) is 15.8 Å². The van der Waals surface area contributed by atoms with Crippen LogP contribution in [0.2, 0.25) is 5.02 Å². The van der Waals surface area contributed by atoms with Gasteiger partial charge in [0.1, 0.15) is 0 Å². The lowest BCUT2D eigenvalue weighted by atomic mass is 10.0. The molecular formula is C18H13ClFN3O. The molecule has 0 saturated heterocycles. The number of amides is 1. The summed E-state index contributed by atoms with van der Waals surface area (Å²) < 4.78 is 12.7. The fourth-order valence-corrected chi connectivity index (χ4v) is 2.26. The standard InChI is InChI=1S/C18H13ClFN3O/c19-15-6-4-12(5-7-15)13-2-1-3-14(10-13)18(24)23-22-16-8-9-17(20)21-11-16/h1-11,22H,(H,23,24). The Balaban J connectivity index is 1.72. The molecule has 1 heterocycles. The van der Waals surface area contributed by atoms with E-state index in [1.807, 2.05) is 18.2 Å². The summed E-state index contributed by atoms with van der Waals surface area (Å²) in [5.41, 5.74) is 8.08. The van der Waals surface area contributed by atoms with E-state index in [0.29, 0.717) is 16.3 Å². The number of hydrogen-bond acceptors (Lipinski definition) is 3. The first-order chi connectivity index (χ1) is 11.6. The predicted octanol–water partition coefficient (Wildman–Crippen LogP) is 4.30. The largest absolute Gasteiger partial charge is 0.297 e. The van der Waals surface area contributed by atoms with E-state index in [-0.39, 0.29) is 5.91 Å². The van der Waals surface area contributed by atoms with Crippen LogP contribution in [0.15, 0.2) is 66.9 Å². The minimum absolute atomic E-state index is 0.310. The molecule has 2 N–H and O–H groups in total. The van der Waals surface area contributed by atoms with Crippen molar-refractivity contribution in [1.82, 2.24) is 10.4 Å². The van der Waals surface area contributed by atoms with E-state index in [1.54, 1.807) is 30.3 Å². The van der Waals surface area contributed by atoms with Gasteiger partial charge in [-0.1, -0.05) is 35.9 Å². The van der Waals surface area contributed by atoms with Gasteiger partial charge in [0.25, 0.3) is 5.91 Å². The van der Waals surface area contributed by atoms with Crippen LogP contribution in [-0.4, -0.2) is 10.9 Å². The number of halogens is 2. The zero-order valence-corrected chi connectivity index (χ0v) is 13.2. The Morgan fingerprint density at radius 1 is 1.00 bits per heavy atom. The number of carbonyl (C=O) groups excluding carboxylic acids is 1. The first-order valence-corrected chi connectivity index (χ1v) is 7.53. The van der Waals surface area contributed by atoms with Crippen molar-refractivity contribution in [1.29, 1.82) is 0 Å². The number of hydrogen-bond donors (Lipinski definition) is 2. The normalized spacial score (nSPS) is 10.2. The number of pyridine rings is 1. The molecule has 0 aliphatic carbocycles. The van der Waals surface area contributed by atoms with Crippen LogP contribution in [0.3, 0.4) is 0 Å². The topological polar surface area (TPSA) is 54.0 Å². The Morgan fingerprint density at radius 3 is 2.50 bits per heavy atom. The van der Waals surface area contributed by atoms with Crippen LogP contribution >= 0.6 is 11.6 Å². The zero-order chi connectivity index (χ0) is 16.9. The van der Waals surface area contributed by atoms with E-state index in [0.717, 1.165) is 11.1 Å². The summed E-state index contributed by atoms with van der Waals surface area (Å²) in [4.78, 5) is 15.7. The maximum atomic E-state index is 12.7. The summed E-state index contributed by atoms with van der Waals surface area (Å²) in [7, 11) is 0. The van der Waals surface area contributed by atoms with Gasteiger partial charge in [0.05, 0.1) is 11.9 Å². The van der Waals surface area contributed by atoms with Gasteiger partial charge in [-0.05, 0) is 47.5 Å². The molecule has 0 unspecified atom stereocenters. The molecule has 0 spiro atoms. The van der Waals surface area contributed by atoms with Crippen LogP contribution in [0.25, 0.3) is 11.1 Å². The minimum atomic E-state index is -0.581. The van der Waals surface area contributed by atoms with Crippen LogP contribution in [0, 0.1) is 5.95 Å². The van der Waals surface area contributed by atoms with Crippen LogP contribution in [0.5, 0.6) is 0 Å². The molecule has 0 bridgehead atoms. The molecule has 24 heavy (non-hydrogen) atoms. The third-order valence-electron chi connectivity index (χ3n) is 3.35. The number of nitrogens with zero attached hydrogens (tertiary/aromatic N) is 1. The van der Waals surface area contributed by atoms with Crippen molar-refractivity contribution in [3.8, 4) is 11.1 Å². The lowest BCUT2D eigenvalue weighted by molar-refractivity contribution is 0.0962. The Morgan fingerprint density at radius 2 is 1.79 bits per heavy atom. The van der Waals surface area contributed by atoms with Gasteiger partial charge in [0, 0.05) is 10.6 Å². The smallest absolute Gasteiger partial charge is 0.269 e. The van der Waals surface area contributed by atoms with E-state index < -0.39 is 5.95 Å². The first-order valence-electron chi connectivity index (χ1n) is 7.16. The van der Waals surface area contributed by atoms with Gasteiger partial charge >= 0.3 is 0 Å². The molecule has 120 valence electrons. The van der Waals surface area contributed by atoms with E-state index >= 15 is 0 Å². The molecule has 0 aliphatic rings. The van der Waals surface area contributed by atoms with Crippen molar-refractivity contribution in [2.24, 2.45) is 0 Å². The number of anilines is 1. The van der Waals surface area contributed by atoms with Crippen LogP contribution in [-0.2, 0) is 0 Å². The fraction of sp³-hybridized carbons (Fsp3) is 0. The van der Waals surface area contributed by atoms with Crippen molar-refractivity contribution < 1.29 is 9.18 Å². The molecule has 1 aromatic heterocycles. The third-order valence-corrected chi connectivity index (χ3v) is 3.60. The SMILES string of the molecule is O=C(NNc1ccc(F)nc1)c1cccc(-c2ccc(Cl)cc2)c1. The molecule has 3 aromatic rings. The molecule has 0 aliphatic heterocycles. The summed E-state index contributed by atoms with van der Waals surface area (Å²) in [6.45, 7) is 0. The number of nitrogens with one attached hydrogen (secondary N) is 2. The van der Waals surface area contributed by atoms with Crippen LogP contribution < -0.4 is 10.9 Å². The Kier molecular flexibility index (Phi) is 4.72. The Hall–Kier alpha value is -2.92. The van der Waals surface area contributed by atoms with Gasteiger partial charge in [-0.2, -0.15) is 4.39 Å². The highest BCUT2D eigenvalue weighted by atomic mass is 35.5. The van der Waals surface area contributed by atoms with Crippen LogP contribution in [0.4, 0.5) is 10.1 Å². The molecule has 0 fully saturated rings. The molecule has 2 aromatic carbocycles. The Bertz CT molecular complexity index is 851. The van der Waals surface area contributed by atoms with Gasteiger partial charge in [0.2, 0.25) is 5.95 Å². The van der Waals surface area contributed by atoms with Gasteiger partial charge in [-0.15, -0.1) is 0 Å². The predicted molar refractivity (Wildman–Crippen MR) is 92.2 cm³/mol. The molecule has 6 heteroatoms. The highest BCUT2D eigenvalue weighted by Gasteiger charge is 2.07. The second-order valence-corrected chi connectivity index (χ2v) is 5.47. The highest BCUT2D eigenvalue weighted by molar-refractivity contribution is 6.30. The van der Waals surface area contributed by atoms with E-state index in [4.69, 9.17) is 11.6 Å². The minimum Gasteiger partial charge on any atom is -0.297 e. The molecule has 0 atom stereocenters. The average Bonchev–Trinajstić information content (AvgIpc) is 2.62. The molecule has 0 radical (unpaired) electrons. The van der Waals surface area contributed by atoms with Gasteiger partial charge in [-0.25, -0.2) is 4.98 Å². The first kappa shape index (κ1) is 16.0. The molecular weight excluding hydrogens is 329 g/mol. The average molecular weight is 342 g/mol. The van der Waals surface area contributed by atoms with Crippen molar-refractivity contribution in [2.45, 2.75) is 0 Å². The van der Waals surface area contributed by atoms with Gasteiger partial charge < -0.3 is 0 Å². The van der Waals surface area contributed by atoms with Crippen molar-refractivity contribution in [2.75, 3.05) is 5.43 Å². The number of carbonyl (C=O) groups is 1. The van der Waals surface area contributed by atoms with Crippen molar-refractivity contribution in [3.05, 3.63) is 83.4 Å². The monoisotopic (exact) mass is 341 g/mol. The molecule has 0 saturated carbocycles. The van der Waals surface area contributed by atoms with Crippen molar-refractivity contribution in [3.63, 3.8) is 0 Å².